The summed E-state index contributed by atoms with van der Waals surface area (Å²) >= 11 is 5.63. The minimum absolute atomic E-state index is 0.0187. The molecule has 0 aliphatic rings. The molecule has 0 aliphatic heterocycles. The average molecular weight is 197 g/mol. The van der Waals surface area contributed by atoms with Crippen molar-refractivity contribution >= 4 is 23.3 Å². The van der Waals surface area contributed by atoms with Crippen molar-refractivity contribution in [1.82, 2.24) is 0 Å². The van der Waals surface area contributed by atoms with Gasteiger partial charge in [0, 0.05) is 5.69 Å². The minimum atomic E-state index is -1.09. The highest BCUT2D eigenvalue weighted by Crippen LogP contribution is 2.20. The zero-order valence-electron chi connectivity index (χ0n) is 6.41. The molecule has 0 unspecified atom stereocenters. The van der Waals surface area contributed by atoms with Gasteiger partial charge in [0.15, 0.2) is 6.19 Å². The molecule has 0 saturated heterocycles. The van der Waals surface area contributed by atoms with Gasteiger partial charge in [0.2, 0.25) is 0 Å². The molecule has 0 fully saturated rings. The molecule has 5 heteroatoms. The first kappa shape index (κ1) is 9.36. The highest BCUT2D eigenvalue weighted by molar-refractivity contribution is 6.33. The van der Waals surface area contributed by atoms with Crippen molar-refractivity contribution in [2.45, 2.75) is 0 Å². The zero-order valence-corrected chi connectivity index (χ0v) is 7.17. The van der Waals surface area contributed by atoms with Crippen molar-refractivity contribution in [3.8, 4) is 6.19 Å². The van der Waals surface area contributed by atoms with Gasteiger partial charge < -0.3 is 5.11 Å². The van der Waals surface area contributed by atoms with Crippen LogP contribution in [0.2, 0.25) is 5.02 Å². The highest BCUT2D eigenvalue weighted by Gasteiger charge is 2.08. The smallest absolute Gasteiger partial charge is 0.337 e. The number of nitrogens with one attached hydrogen (secondary N) is 1. The van der Waals surface area contributed by atoms with Crippen LogP contribution >= 0.6 is 11.6 Å². The minimum Gasteiger partial charge on any atom is -0.478 e. The number of carbonyl (C=O) groups is 1. The second-order valence-electron chi connectivity index (χ2n) is 2.24. The average Bonchev–Trinajstić information content (AvgIpc) is 2.04. The Morgan fingerprint density at radius 1 is 1.62 bits per heavy atom. The van der Waals surface area contributed by atoms with Gasteiger partial charge in [-0.15, -0.1) is 0 Å². The molecule has 1 aromatic rings. The van der Waals surface area contributed by atoms with Crippen molar-refractivity contribution in [2.24, 2.45) is 0 Å². The van der Waals surface area contributed by atoms with E-state index >= 15 is 0 Å². The summed E-state index contributed by atoms with van der Waals surface area (Å²) in [6, 6.07) is 4.19. The topological polar surface area (TPSA) is 73.1 Å². The van der Waals surface area contributed by atoms with Gasteiger partial charge in [0.25, 0.3) is 0 Å². The number of halogens is 1. The van der Waals surface area contributed by atoms with Gasteiger partial charge in [-0.05, 0) is 18.2 Å². The third-order valence-electron chi connectivity index (χ3n) is 1.40. The van der Waals surface area contributed by atoms with E-state index in [4.69, 9.17) is 22.0 Å². The van der Waals surface area contributed by atoms with E-state index in [0.717, 1.165) is 0 Å². The third-order valence-corrected chi connectivity index (χ3v) is 1.71. The number of nitrogens with zero attached hydrogens (tertiary/aromatic N) is 1. The largest absolute Gasteiger partial charge is 0.478 e. The van der Waals surface area contributed by atoms with Gasteiger partial charge in [-0.1, -0.05) is 11.6 Å². The maximum Gasteiger partial charge on any atom is 0.337 e. The lowest BCUT2D eigenvalue weighted by atomic mass is 10.2. The molecule has 0 amide bonds. The molecular weight excluding hydrogens is 192 g/mol. The predicted molar refractivity (Wildman–Crippen MR) is 47.6 cm³/mol. The van der Waals surface area contributed by atoms with Crippen LogP contribution in [0.3, 0.4) is 0 Å². The van der Waals surface area contributed by atoms with Crippen LogP contribution < -0.4 is 5.32 Å². The molecule has 0 aromatic heterocycles. The van der Waals surface area contributed by atoms with Crippen molar-refractivity contribution in [1.29, 1.82) is 5.26 Å². The highest BCUT2D eigenvalue weighted by atomic mass is 35.5. The number of nitriles is 1. The summed E-state index contributed by atoms with van der Waals surface area (Å²) in [4.78, 5) is 10.5. The van der Waals surface area contributed by atoms with Gasteiger partial charge in [0.05, 0.1) is 10.6 Å². The van der Waals surface area contributed by atoms with E-state index in [1.54, 1.807) is 6.19 Å². The lowest BCUT2D eigenvalue weighted by Gasteiger charge is -2.00. The monoisotopic (exact) mass is 196 g/mol. The van der Waals surface area contributed by atoms with E-state index in [9.17, 15) is 4.79 Å². The number of hydrogen-bond acceptors (Lipinski definition) is 3. The Morgan fingerprint density at radius 3 is 2.77 bits per heavy atom. The normalized spacial score (nSPS) is 8.92. The van der Waals surface area contributed by atoms with Crippen LogP contribution in [0.5, 0.6) is 0 Å². The quantitative estimate of drug-likeness (QED) is 0.560. The number of hydrogen-bond donors (Lipinski definition) is 2. The van der Waals surface area contributed by atoms with E-state index < -0.39 is 5.97 Å². The molecule has 0 heterocycles. The number of carboxylic acid groups (broad SMARTS) is 1. The van der Waals surface area contributed by atoms with E-state index in [0.29, 0.717) is 5.69 Å². The van der Waals surface area contributed by atoms with Gasteiger partial charge in [-0.2, -0.15) is 5.26 Å². The Hall–Kier alpha value is -1.73. The summed E-state index contributed by atoms with van der Waals surface area (Å²) in [7, 11) is 0. The molecule has 0 aliphatic carbocycles. The summed E-state index contributed by atoms with van der Waals surface area (Å²) in [5.74, 6) is -1.09. The summed E-state index contributed by atoms with van der Waals surface area (Å²) in [6.45, 7) is 0. The standard InChI is InChI=1S/C8H5ClN2O2/c9-7-3-5(11-4-10)1-2-6(7)8(12)13/h1-3,11H,(H,12,13). The van der Waals surface area contributed by atoms with Crippen molar-refractivity contribution in [3.63, 3.8) is 0 Å². The van der Waals surface area contributed by atoms with Crippen LogP contribution in [0.1, 0.15) is 10.4 Å². The molecule has 0 bridgehead atoms. The first-order valence-corrected chi connectivity index (χ1v) is 3.71. The second-order valence-corrected chi connectivity index (χ2v) is 2.64. The fraction of sp³-hybridized carbons (Fsp3) is 0. The van der Waals surface area contributed by atoms with Gasteiger partial charge in [0.1, 0.15) is 0 Å². The molecule has 0 saturated carbocycles. The second kappa shape index (κ2) is 3.78. The van der Waals surface area contributed by atoms with Crippen LogP contribution in [-0.2, 0) is 0 Å². The van der Waals surface area contributed by atoms with E-state index in [-0.39, 0.29) is 10.6 Å². The van der Waals surface area contributed by atoms with E-state index in [1.165, 1.54) is 18.2 Å². The first-order valence-electron chi connectivity index (χ1n) is 3.33. The molecule has 1 aromatic carbocycles. The number of aromatic carboxylic acids is 1. The van der Waals surface area contributed by atoms with E-state index in [1.807, 2.05) is 0 Å². The van der Waals surface area contributed by atoms with E-state index in [2.05, 4.69) is 5.32 Å². The molecule has 13 heavy (non-hydrogen) atoms. The van der Waals surface area contributed by atoms with Crippen molar-refractivity contribution in [3.05, 3.63) is 28.8 Å². The third kappa shape index (κ3) is 2.10. The lowest BCUT2D eigenvalue weighted by Crippen LogP contribution is -1.98. The Kier molecular flexibility index (Phi) is 2.72. The SMILES string of the molecule is N#CNc1ccc(C(=O)O)c(Cl)c1. The molecule has 0 radical (unpaired) electrons. The number of carboxylic acids is 1. The molecule has 0 spiro atoms. The van der Waals surface area contributed by atoms with Crippen LogP contribution in [0.4, 0.5) is 5.69 Å². The van der Waals surface area contributed by atoms with Crippen LogP contribution in [-0.4, -0.2) is 11.1 Å². The summed E-state index contributed by atoms with van der Waals surface area (Å²) in [5.41, 5.74) is 0.489. The van der Waals surface area contributed by atoms with Gasteiger partial charge >= 0.3 is 5.97 Å². The molecule has 2 N–H and O–H groups in total. The predicted octanol–water partition coefficient (Wildman–Crippen LogP) is 1.93. The Bertz CT molecular complexity index is 384. The molecular formula is C8H5ClN2O2. The first-order chi connectivity index (χ1) is 6.15. The number of anilines is 1. The number of benzene rings is 1. The maximum absolute atomic E-state index is 10.5. The fourth-order valence-electron chi connectivity index (χ4n) is 0.831. The van der Waals surface area contributed by atoms with Crippen LogP contribution in [0.25, 0.3) is 0 Å². The summed E-state index contributed by atoms with van der Waals surface area (Å²) in [6.07, 6.45) is 1.70. The Morgan fingerprint density at radius 2 is 2.31 bits per heavy atom. The zero-order chi connectivity index (χ0) is 9.84. The Labute approximate surface area is 79.4 Å². The molecule has 1 rings (SSSR count). The van der Waals surface area contributed by atoms with Crippen molar-refractivity contribution < 1.29 is 9.90 Å². The lowest BCUT2D eigenvalue weighted by molar-refractivity contribution is 0.0697. The number of rotatable bonds is 2. The van der Waals surface area contributed by atoms with Crippen molar-refractivity contribution in [2.75, 3.05) is 5.32 Å². The molecule has 66 valence electrons. The summed E-state index contributed by atoms with van der Waals surface area (Å²) in [5, 5.41) is 19.3. The molecule has 0 atom stereocenters. The molecule has 4 nitrogen and oxygen atoms in total. The van der Waals surface area contributed by atoms with Crippen LogP contribution in [0, 0.1) is 11.5 Å². The Balaban J connectivity index is 3.07. The van der Waals surface area contributed by atoms with Gasteiger partial charge in [-0.25, -0.2) is 4.79 Å². The maximum atomic E-state index is 10.5. The summed E-state index contributed by atoms with van der Waals surface area (Å²) < 4.78 is 0. The van der Waals surface area contributed by atoms with Gasteiger partial charge in [-0.3, -0.25) is 5.32 Å². The fourth-order valence-corrected chi connectivity index (χ4v) is 1.09. The van der Waals surface area contributed by atoms with Crippen LogP contribution in [0.15, 0.2) is 18.2 Å².